The molecule has 1 aromatic rings. The normalized spacial score (nSPS) is 19.6. The molecule has 0 aromatic carbocycles. The lowest BCUT2D eigenvalue weighted by Crippen LogP contribution is -2.19. The summed E-state index contributed by atoms with van der Waals surface area (Å²) in [5.74, 6) is -0.314. The van der Waals surface area contributed by atoms with Crippen LogP contribution in [0.4, 0.5) is 0 Å². The van der Waals surface area contributed by atoms with Crippen LogP contribution in [0, 0.1) is 0 Å². The summed E-state index contributed by atoms with van der Waals surface area (Å²) in [4.78, 5) is 12.8. The molecular formula is C12H17NO2S. The first-order valence-electron chi connectivity index (χ1n) is 5.76. The number of aliphatic carboxylic acids is 1. The molecule has 0 radical (unpaired) electrons. The summed E-state index contributed by atoms with van der Waals surface area (Å²) < 4.78 is 0. The van der Waals surface area contributed by atoms with Crippen LogP contribution < -0.4 is 5.73 Å². The third-order valence-corrected chi connectivity index (χ3v) is 4.56. The second kappa shape index (κ2) is 4.97. The highest BCUT2D eigenvalue weighted by Crippen LogP contribution is 2.37. The van der Waals surface area contributed by atoms with Crippen LogP contribution in [0.5, 0.6) is 0 Å². The molecule has 1 aliphatic rings. The first-order valence-corrected chi connectivity index (χ1v) is 6.58. The number of hydrogen-bond acceptors (Lipinski definition) is 3. The van der Waals surface area contributed by atoms with E-state index in [4.69, 9.17) is 10.8 Å². The van der Waals surface area contributed by atoms with Gasteiger partial charge < -0.3 is 10.8 Å². The minimum absolute atomic E-state index is 0.633. The maximum absolute atomic E-state index is 10.8. The van der Waals surface area contributed by atoms with Crippen molar-refractivity contribution in [1.82, 2.24) is 0 Å². The minimum Gasteiger partial charge on any atom is -0.480 e. The van der Waals surface area contributed by atoms with E-state index in [1.165, 1.54) is 37.0 Å². The van der Waals surface area contributed by atoms with Gasteiger partial charge in [-0.3, -0.25) is 4.79 Å². The smallest absolute Gasteiger partial charge is 0.325 e. The van der Waals surface area contributed by atoms with Crippen LogP contribution in [0.2, 0.25) is 0 Å². The van der Waals surface area contributed by atoms with E-state index in [0.29, 0.717) is 5.92 Å². The van der Waals surface area contributed by atoms with Crippen molar-refractivity contribution in [2.24, 2.45) is 5.73 Å². The fraction of sp³-hybridized carbons (Fsp3) is 0.583. The van der Waals surface area contributed by atoms with E-state index in [-0.39, 0.29) is 0 Å². The van der Waals surface area contributed by atoms with Gasteiger partial charge in [-0.1, -0.05) is 19.3 Å². The Kier molecular flexibility index (Phi) is 3.61. The average Bonchev–Trinajstić information content (AvgIpc) is 2.78. The molecule has 0 saturated heterocycles. The van der Waals surface area contributed by atoms with Crippen LogP contribution in [0.1, 0.15) is 53.8 Å². The topological polar surface area (TPSA) is 63.3 Å². The summed E-state index contributed by atoms with van der Waals surface area (Å²) in [6.07, 6.45) is 6.40. The van der Waals surface area contributed by atoms with Crippen LogP contribution in [0.3, 0.4) is 0 Å². The van der Waals surface area contributed by atoms with Crippen molar-refractivity contribution in [3.63, 3.8) is 0 Å². The zero-order valence-corrected chi connectivity index (χ0v) is 10.0. The Morgan fingerprint density at radius 3 is 2.69 bits per heavy atom. The Hall–Kier alpha value is -0.870. The molecule has 1 aliphatic carbocycles. The van der Waals surface area contributed by atoms with E-state index in [1.54, 1.807) is 11.3 Å². The monoisotopic (exact) mass is 239 g/mol. The van der Waals surface area contributed by atoms with Crippen molar-refractivity contribution >= 4 is 17.3 Å². The van der Waals surface area contributed by atoms with Crippen LogP contribution in [-0.2, 0) is 4.79 Å². The number of carboxylic acids is 1. The van der Waals surface area contributed by atoms with Gasteiger partial charge in [0, 0.05) is 9.75 Å². The molecular weight excluding hydrogens is 222 g/mol. The van der Waals surface area contributed by atoms with E-state index in [2.05, 4.69) is 6.07 Å². The zero-order valence-electron chi connectivity index (χ0n) is 9.19. The molecule has 1 aromatic heterocycles. The maximum Gasteiger partial charge on any atom is 0.325 e. The molecule has 88 valence electrons. The van der Waals surface area contributed by atoms with Gasteiger partial charge in [-0.15, -0.1) is 11.3 Å². The standard InChI is InChI=1S/C12H17NO2S/c13-11(12(14)15)10-7-6-9(16-10)8-4-2-1-3-5-8/h6-8,11H,1-5,13H2,(H,14,15). The fourth-order valence-electron chi connectivity index (χ4n) is 2.26. The predicted molar refractivity (Wildman–Crippen MR) is 64.7 cm³/mol. The van der Waals surface area contributed by atoms with E-state index in [9.17, 15) is 4.79 Å². The van der Waals surface area contributed by atoms with Gasteiger partial charge in [0.1, 0.15) is 6.04 Å². The Balaban J connectivity index is 2.09. The van der Waals surface area contributed by atoms with Crippen LogP contribution in [0.15, 0.2) is 12.1 Å². The van der Waals surface area contributed by atoms with E-state index in [0.717, 1.165) is 4.88 Å². The Bertz CT molecular complexity index is 369. The van der Waals surface area contributed by atoms with Crippen molar-refractivity contribution in [2.75, 3.05) is 0 Å². The second-order valence-electron chi connectivity index (χ2n) is 4.39. The Morgan fingerprint density at radius 1 is 1.38 bits per heavy atom. The molecule has 3 N–H and O–H groups in total. The molecule has 1 atom stereocenters. The number of carboxylic acid groups (broad SMARTS) is 1. The van der Waals surface area contributed by atoms with Gasteiger partial charge in [-0.2, -0.15) is 0 Å². The SMILES string of the molecule is NC(C(=O)O)c1ccc(C2CCCCC2)s1. The van der Waals surface area contributed by atoms with Gasteiger partial charge in [-0.05, 0) is 30.9 Å². The molecule has 1 saturated carbocycles. The van der Waals surface area contributed by atoms with Crippen molar-refractivity contribution in [3.05, 3.63) is 21.9 Å². The van der Waals surface area contributed by atoms with Gasteiger partial charge in [0.05, 0.1) is 0 Å². The number of nitrogens with two attached hydrogens (primary N) is 1. The van der Waals surface area contributed by atoms with Crippen LogP contribution in [0.25, 0.3) is 0 Å². The fourth-order valence-corrected chi connectivity index (χ4v) is 3.44. The van der Waals surface area contributed by atoms with Gasteiger partial charge >= 0.3 is 5.97 Å². The molecule has 0 aliphatic heterocycles. The number of hydrogen-bond donors (Lipinski definition) is 2. The molecule has 0 amide bonds. The Labute approximate surface area is 99.3 Å². The lowest BCUT2D eigenvalue weighted by atomic mass is 9.88. The van der Waals surface area contributed by atoms with E-state index < -0.39 is 12.0 Å². The molecule has 2 rings (SSSR count). The molecule has 0 spiro atoms. The lowest BCUT2D eigenvalue weighted by molar-refractivity contribution is -0.138. The van der Waals surface area contributed by atoms with Crippen LogP contribution >= 0.6 is 11.3 Å². The highest BCUT2D eigenvalue weighted by Gasteiger charge is 2.21. The summed E-state index contributed by atoms with van der Waals surface area (Å²) in [6, 6.07) is 3.06. The molecule has 3 nitrogen and oxygen atoms in total. The third kappa shape index (κ3) is 2.44. The van der Waals surface area contributed by atoms with E-state index >= 15 is 0 Å². The Morgan fingerprint density at radius 2 is 2.06 bits per heavy atom. The van der Waals surface area contributed by atoms with Gasteiger partial charge in [0.15, 0.2) is 0 Å². The minimum atomic E-state index is -0.947. The van der Waals surface area contributed by atoms with Gasteiger partial charge in [-0.25, -0.2) is 0 Å². The second-order valence-corrected chi connectivity index (χ2v) is 5.54. The molecule has 4 heteroatoms. The molecule has 1 unspecified atom stereocenters. The average molecular weight is 239 g/mol. The number of carbonyl (C=O) groups is 1. The molecule has 0 bridgehead atoms. The van der Waals surface area contributed by atoms with Gasteiger partial charge in [0.25, 0.3) is 0 Å². The summed E-state index contributed by atoms with van der Waals surface area (Å²) in [5.41, 5.74) is 5.59. The van der Waals surface area contributed by atoms with Crippen molar-refractivity contribution in [2.45, 2.75) is 44.1 Å². The maximum atomic E-state index is 10.8. The third-order valence-electron chi connectivity index (χ3n) is 3.23. The van der Waals surface area contributed by atoms with Gasteiger partial charge in [0.2, 0.25) is 0 Å². The highest BCUT2D eigenvalue weighted by atomic mass is 32.1. The number of rotatable bonds is 3. The summed E-state index contributed by atoms with van der Waals surface area (Å²) in [5, 5.41) is 8.84. The van der Waals surface area contributed by atoms with E-state index in [1.807, 2.05) is 6.07 Å². The summed E-state index contributed by atoms with van der Waals surface area (Å²) in [7, 11) is 0. The first-order chi connectivity index (χ1) is 7.68. The van der Waals surface area contributed by atoms with Crippen molar-refractivity contribution < 1.29 is 9.90 Å². The molecule has 16 heavy (non-hydrogen) atoms. The lowest BCUT2D eigenvalue weighted by Gasteiger charge is -2.20. The van der Waals surface area contributed by atoms with Crippen molar-refractivity contribution in [1.29, 1.82) is 0 Å². The molecule has 1 heterocycles. The summed E-state index contributed by atoms with van der Waals surface area (Å²) in [6.45, 7) is 0. The predicted octanol–water partition coefficient (Wildman–Crippen LogP) is 2.88. The zero-order chi connectivity index (χ0) is 11.5. The largest absolute Gasteiger partial charge is 0.480 e. The highest BCUT2D eigenvalue weighted by molar-refractivity contribution is 7.12. The number of thiophene rings is 1. The quantitative estimate of drug-likeness (QED) is 0.852. The first kappa shape index (κ1) is 11.6. The van der Waals surface area contributed by atoms with Crippen LogP contribution in [-0.4, -0.2) is 11.1 Å². The molecule has 1 fully saturated rings. The van der Waals surface area contributed by atoms with Crippen molar-refractivity contribution in [3.8, 4) is 0 Å². The summed E-state index contributed by atoms with van der Waals surface area (Å²) >= 11 is 1.57.